The van der Waals surface area contributed by atoms with E-state index in [0.717, 1.165) is 10.4 Å². The number of aliphatic hydroxyl groups is 1. The number of rotatable bonds is 9. The van der Waals surface area contributed by atoms with E-state index in [4.69, 9.17) is 14.6 Å². The summed E-state index contributed by atoms with van der Waals surface area (Å²) in [5.41, 5.74) is 1.96. The van der Waals surface area contributed by atoms with Crippen LogP contribution in [0.2, 0.25) is 0 Å². The number of ether oxygens (including phenoxy) is 2. The Kier molecular flexibility index (Phi) is 8.11. The van der Waals surface area contributed by atoms with E-state index < -0.39 is 23.9 Å². The van der Waals surface area contributed by atoms with Crippen LogP contribution in [0.1, 0.15) is 26.4 Å². The zero-order valence-electron chi connectivity index (χ0n) is 19.8. The highest BCUT2D eigenvalue weighted by atomic mass is 32.1. The highest BCUT2D eigenvalue weighted by Gasteiger charge is 2.25. The first kappa shape index (κ1) is 25.8. The van der Waals surface area contributed by atoms with Crippen molar-refractivity contribution in [1.82, 2.24) is 10.3 Å². The van der Waals surface area contributed by atoms with Crippen LogP contribution >= 0.6 is 11.3 Å². The first-order valence-electron chi connectivity index (χ1n) is 11.3. The van der Waals surface area contributed by atoms with Crippen molar-refractivity contribution in [2.75, 3.05) is 20.3 Å². The molecule has 1 atom stereocenters. The topological polar surface area (TPSA) is 135 Å². The minimum atomic E-state index is -1.04. The average Bonchev–Trinajstić information content (AvgIpc) is 3.46. The number of methoxy groups -OCH3 is 1. The van der Waals surface area contributed by atoms with Crippen LogP contribution in [0.4, 0.5) is 0 Å². The van der Waals surface area contributed by atoms with Gasteiger partial charge in [0.15, 0.2) is 0 Å². The molecule has 0 spiro atoms. The van der Waals surface area contributed by atoms with Crippen molar-refractivity contribution in [2.45, 2.75) is 12.5 Å². The van der Waals surface area contributed by atoms with Gasteiger partial charge in [-0.1, -0.05) is 24.3 Å². The number of hydrogen-bond acceptors (Lipinski definition) is 9. The summed E-state index contributed by atoms with van der Waals surface area (Å²) in [5.74, 6) is -1.99. The minimum absolute atomic E-state index is 0.0746. The molecule has 0 radical (unpaired) electrons. The molecule has 190 valence electrons. The molecular formula is C27H24N2O7S. The standard InChI is InChI=1S/C27H24N2O7S/c1-35-27(34)23(13-16-4-7-18(31)8-5-16)29-25(32)22-15-20(26(33)36-11-10-30)19-14-17(6-9-21(19)28-22)24-3-2-12-37-24/h2-9,12,14-15,23,30-31H,10-11,13H2,1H3,(H,29,32)/t23-/m0/s1. The summed E-state index contributed by atoms with van der Waals surface area (Å²) >= 11 is 1.54. The minimum Gasteiger partial charge on any atom is -0.508 e. The van der Waals surface area contributed by atoms with E-state index in [-0.39, 0.29) is 36.6 Å². The Bertz CT molecular complexity index is 1420. The largest absolute Gasteiger partial charge is 0.508 e. The Hall–Kier alpha value is -4.28. The third kappa shape index (κ3) is 6.11. The smallest absolute Gasteiger partial charge is 0.338 e. The van der Waals surface area contributed by atoms with Crippen LogP contribution in [-0.2, 0) is 20.7 Å². The van der Waals surface area contributed by atoms with Gasteiger partial charge in [-0.15, -0.1) is 11.3 Å². The lowest BCUT2D eigenvalue weighted by Gasteiger charge is -2.17. The number of phenolic OH excluding ortho intramolecular Hbond substituents is 1. The number of esters is 2. The molecule has 4 rings (SSSR count). The molecule has 3 N–H and O–H groups in total. The molecule has 0 bridgehead atoms. The molecule has 4 aromatic rings. The number of carbonyl (C=O) groups excluding carboxylic acids is 3. The third-order valence-corrected chi connectivity index (χ3v) is 6.48. The van der Waals surface area contributed by atoms with Gasteiger partial charge in [-0.25, -0.2) is 14.6 Å². The molecule has 0 saturated carbocycles. The Morgan fingerprint density at radius 1 is 1.08 bits per heavy atom. The van der Waals surface area contributed by atoms with Gasteiger partial charge in [0.1, 0.15) is 24.1 Å². The molecule has 37 heavy (non-hydrogen) atoms. The van der Waals surface area contributed by atoms with Gasteiger partial charge in [0.05, 0.1) is 24.8 Å². The van der Waals surface area contributed by atoms with Crippen molar-refractivity contribution in [2.24, 2.45) is 0 Å². The second-order valence-corrected chi connectivity index (χ2v) is 8.99. The van der Waals surface area contributed by atoms with Gasteiger partial charge >= 0.3 is 11.9 Å². The number of amides is 1. The van der Waals surface area contributed by atoms with Gasteiger partial charge in [0.25, 0.3) is 5.91 Å². The molecule has 2 aromatic heterocycles. The highest BCUT2D eigenvalue weighted by Crippen LogP contribution is 2.29. The molecule has 0 unspecified atom stereocenters. The van der Waals surface area contributed by atoms with Crippen LogP contribution in [-0.4, -0.2) is 59.4 Å². The number of aliphatic hydroxyl groups excluding tert-OH is 1. The van der Waals surface area contributed by atoms with E-state index in [9.17, 15) is 19.5 Å². The predicted octanol–water partition coefficient (Wildman–Crippen LogP) is 3.33. The maximum absolute atomic E-state index is 13.2. The maximum atomic E-state index is 13.2. The van der Waals surface area contributed by atoms with Gasteiger partial charge < -0.3 is 25.0 Å². The van der Waals surface area contributed by atoms with Gasteiger partial charge in [0.2, 0.25) is 0 Å². The van der Waals surface area contributed by atoms with Crippen molar-refractivity contribution in [1.29, 1.82) is 0 Å². The van der Waals surface area contributed by atoms with E-state index >= 15 is 0 Å². The number of carbonyl (C=O) groups is 3. The Labute approximate surface area is 216 Å². The number of aromatic hydroxyl groups is 1. The number of benzene rings is 2. The molecule has 2 heterocycles. The van der Waals surface area contributed by atoms with Gasteiger partial charge in [-0.3, -0.25) is 4.79 Å². The molecular weight excluding hydrogens is 496 g/mol. The average molecular weight is 521 g/mol. The summed E-state index contributed by atoms with van der Waals surface area (Å²) in [4.78, 5) is 43.9. The number of pyridine rings is 1. The normalized spacial score (nSPS) is 11.6. The summed E-state index contributed by atoms with van der Waals surface area (Å²) in [7, 11) is 1.22. The summed E-state index contributed by atoms with van der Waals surface area (Å²) in [5, 5.41) is 23.6. The van der Waals surface area contributed by atoms with Crippen LogP contribution in [0.15, 0.2) is 66.0 Å². The second-order valence-electron chi connectivity index (χ2n) is 8.04. The van der Waals surface area contributed by atoms with Gasteiger partial charge in [-0.05, 0) is 52.9 Å². The van der Waals surface area contributed by atoms with E-state index in [1.165, 1.54) is 25.3 Å². The zero-order valence-corrected chi connectivity index (χ0v) is 20.7. The first-order valence-corrected chi connectivity index (χ1v) is 12.2. The number of nitrogens with one attached hydrogen (secondary N) is 1. The molecule has 2 aromatic carbocycles. The Morgan fingerprint density at radius 2 is 1.86 bits per heavy atom. The number of aromatic nitrogens is 1. The first-order chi connectivity index (χ1) is 17.9. The van der Waals surface area contributed by atoms with E-state index in [1.807, 2.05) is 23.6 Å². The highest BCUT2D eigenvalue weighted by molar-refractivity contribution is 7.13. The molecule has 0 fully saturated rings. The fraction of sp³-hybridized carbons (Fsp3) is 0.185. The number of hydrogen-bond donors (Lipinski definition) is 3. The van der Waals surface area contributed by atoms with Crippen LogP contribution in [0, 0.1) is 0 Å². The monoisotopic (exact) mass is 520 g/mol. The SMILES string of the molecule is COC(=O)[C@H](Cc1ccc(O)cc1)NC(=O)c1cc(C(=O)OCCO)c2cc(-c3cccs3)ccc2n1. The molecule has 0 aliphatic heterocycles. The molecule has 0 aliphatic rings. The molecule has 1 amide bonds. The van der Waals surface area contributed by atoms with E-state index in [1.54, 1.807) is 35.6 Å². The van der Waals surface area contributed by atoms with E-state index in [2.05, 4.69) is 10.3 Å². The summed E-state index contributed by atoms with van der Waals surface area (Å²) in [6.45, 7) is -0.549. The second kappa shape index (κ2) is 11.6. The van der Waals surface area contributed by atoms with Crippen LogP contribution in [0.3, 0.4) is 0 Å². The van der Waals surface area contributed by atoms with Crippen LogP contribution in [0.5, 0.6) is 5.75 Å². The van der Waals surface area contributed by atoms with Crippen molar-refractivity contribution in [3.05, 3.63) is 82.9 Å². The summed E-state index contributed by atoms with van der Waals surface area (Å²) in [6, 6.07) is 15.7. The predicted molar refractivity (Wildman–Crippen MR) is 138 cm³/mol. The molecule has 0 saturated heterocycles. The van der Waals surface area contributed by atoms with Crippen molar-refractivity contribution >= 4 is 40.1 Å². The third-order valence-electron chi connectivity index (χ3n) is 5.56. The number of thiophene rings is 1. The van der Waals surface area contributed by atoms with Gasteiger partial charge in [-0.2, -0.15) is 0 Å². The fourth-order valence-electron chi connectivity index (χ4n) is 3.76. The van der Waals surface area contributed by atoms with Crippen molar-refractivity contribution in [3.8, 4) is 16.2 Å². The molecule has 10 heteroatoms. The van der Waals surface area contributed by atoms with Gasteiger partial charge in [0, 0.05) is 16.7 Å². The lowest BCUT2D eigenvalue weighted by molar-refractivity contribution is -0.142. The van der Waals surface area contributed by atoms with Crippen molar-refractivity contribution in [3.63, 3.8) is 0 Å². The van der Waals surface area contributed by atoms with Crippen LogP contribution < -0.4 is 5.32 Å². The lowest BCUT2D eigenvalue weighted by Crippen LogP contribution is -2.43. The lowest BCUT2D eigenvalue weighted by atomic mass is 10.0. The quantitative estimate of drug-likeness (QED) is 0.286. The molecule has 9 nitrogen and oxygen atoms in total. The number of nitrogens with zero attached hydrogens (tertiary/aromatic N) is 1. The summed E-state index contributed by atoms with van der Waals surface area (Å²) < 4.78 is 9.99. The molecule has 0 aliphatic carbocycles. The van der Waals surface area contributed by atoms with Crippen molar-refractivity contribution < 1.29 is 34.1 Å². The Morgan fingerprint density at radius 3 is 2.54 bits per heavy atom. The fourth-order valence-corrected chi connectivity index (χ4v) is 4.48. The van der Waals surface area contributed by atoms with E-state index in [0.29, 0.717) is 16.5 Å². The van der Waals surface area contributed by atoms with Crippen LogP contribution in [0.25, 0.3) is 21.3 Å². The maximum Gasteiger partial charge on any atom is 0.338 e. The Balaban J connectivity index is 1.69. The number of phenols is 1. The summed E-state index contributed by atoms with van der Waals surface area (Å²) in [6.07, 6.45) is 0.113. The number of fused-ring (bicyclic) bond motifs is 1. The zero-order chi connectivity index (χ0) is 26.4.